The normalized spacial score (nSPS) is 11.6. The number of carboxylic acids is 1. The van der Waals surface area contributed by atoms with E-state index in [4.69, 9.17) is 14.6 Å². The van der Waals surface area contributed by atoms with E-state index in [1.165, 1.54) is 14.2 Å². The predicted octanol–water partition coefficient (Wildman–Crippen LogP) is 1.26. The Morgan fingerprint density at radius 2 is 1.78 bits per heavy atom. The van der Waals surface area contributed by atoms with E-state index in [2.05, 4.69) is 5.32 Å². The molecule has 0 heterocycles. The van der Waals surface area contributed by atoms with Crippen LogP contribution >= 0.6 is 0 Å². The van der Waals surface area contributed by atoms with Crippen LogP contribution in [0.15, 0.2) is 24.3 Å². The molecule has 1 aromatic carbocycles. The van der Waals surface area contributed by atoms with Crippen LogP contribution in [0.4, 0.5) is 0 Å². The van der Waals surface area contributed by atoms with Crippen molar-refractivity contribution in [2.75, 3.05) is 20.8 Å². The molecule has 2 N–H and O–H groups in total. The molecule has 1 aromatic rings. The minimum Gasteiger partial charge on any atom is -0.497 e. The molecule has 0 aliphatic carbocycles. The number of carbonyl (C=O) groups excluding carboxylic acids is 2. The minimum atomic E-state index is -1.13. The van der Waals surface area contributed by atoms with Crippen LogP contribution in [0.3, 0.4) is 0 Å². The highest BCUT2D eigenvalue weighted by Crippen LogP contribution is 2.13. The van der Waals surface area contributed by atoms with Gasteiger partial charge >= 0.3 is 5.97 Å². The van der Waals surface area contributed by atoms with Gasteiger partial charge in [-0.3, -0.25) is 9.59 Å². The summed E-state index contributed by atoms with van der Waals surface area (Å²) in [4.78, 5) is 34.8. The van der Waals surface area contributed by atoms with Gasteiger partial charge in [-0.25, -0.2) is 4.79 Å². The lowest BCUT2D eigenvalue weighted by molar-refractivity contribution is -0.142. The average molecular weight is 323 g/mol. The van der Waals surface area contributed by atoms with Crippen molar-refractivity contribution in [1.29, 1.82) is 0 Å². The second kappa shape index (κ2) is 9.58. The number of hydrogen-bond acceptors (Lipinski definition) is 5. The Morgan fingerprint density at radius 1 is 1.13 bits per heavy atom. The van der Waals surface area contributed by atoms with Gasteiger partial charge in [-0.1, -0.05) is 0 Å². The number of benzene rings is 1. The van der Waals surface area contributed by atoms with Crippen LogP contribution in [0, 0.1) is 0 Å². The zero-order valence-electron chi connectivity index (χ0n) is 13.2. The van der Waals surface area contributed by atoms with Crippen LogP contribution < -0.4 is 10.1 Å². The summed E-state index contributed by atoms with van der Waals surface area (Å²) in [6.07, 6.45) is 0.112. The van der Waals surface area contributed by atoms with Gasteiger partial charge in [0.25, 0.3) is 0 Å². The van der Waals surface area contributed by atoms with E-state index in [0.717, 1.165) is 0 Å². The molecule has 7 heteroatoms. The molecule has 1 unspecified atom stereocenters. The first-order valence-corrected chi connectivity index (χ1v) is 7.16. The van der Waals surface area contributed by atoms with Crippen molar-refractivity contribution in [2.24, 2.45) is 0 Å². The maximum Gasteiger partial charge on any atom is 0.326 e. The van der Waals surface area contributed by atoms with Gasteiger partial charge in [-0.05, 0) is 24.3 Å². The van der Waals surface area contributed by atoms with Crippen LogP contribution in [-0.2, 0) is 14.3 Å². The number of ether oxygens (including phenoxy) is 2. The van der Waals surface area contributed by atoms with Gasteiger partial charge in [0.2, 0.25) is 5.91 Å². The van der Waals surface area contributed by atoms with Crippen molar-refractivity contribution in [2.45, 2.75) is 25.3 Å². The van der Waals surface area contributed by atoms with E-state index in [0.29, 0.717) is 11.3 Å². The fourth-order valence-corrected chi connectivity index (χ4v) is 1.91. The van der Waals surface area contributed by atoms with Gasteiger partial charge in [0.05, 0.1) is 7.11 Å². The Bertz CT molecular complexity index is 540. The lowest BCUT2D eigenvalue weighted by atomic mass is 10.1. The highest BCUT2D eigenvalue weighted by Gasteiger charge is 2.20. The van der Waals surface area contributed by atoms with Crippen LogP contribution in [0.2, 0.25) is 0 Å². The van der Waals surface area contributed by atoms with Gasteiger partial charge in [0.1, 0.15) is 11.8 Å². The van der Waals surface area contributed by atoms with E-state index < -0.39 is 17.9 Å². The summed E-state index contributed by atoms with van der Waals surface area (Å²) < 4.78 is 9.80. The Balaban J connectivity index is 2.47. The summed E-state index contributed by atoms with van der Waals surface area (Å²) in [6, 6.07) is 5.56. The second-order valence-electron chi connectivity index (χ2n) is 4.89. The molecule has 1 amide bonds. The number of carbonyl (C=O) groups is 3. The van der Waals surface area contributed by atoms with Crippen molar-refractivity contribution in [3.05, 3.63) is 29.8 Å². The molecule has 1 rings (SSSR count). The molecule has 0 aromatic heterocycles. The largest absolute Gasteiger partial charge is 0.497 e. The first-order valence-electron chi connectivity index (χ1n) is 7.16. The van der Waals surface area contributed by atoms with E-state index >= 15 is 0 Å². The quantitative estimate of drug-likeness (QED) is 0.629. The number of rotatable bonds is 10. The maximum atomic E-state index is 12.0. The van der Waals surface area contributed by atoms with Crippen molar-refractivity contribution in [3.63, 3.8) is 0 Å². The van der Waals surface area contributed by atoms with Gasteiger partial charge < -0.3 is 19.9 Å². The minimum absolute atomic E-state index is 0.00871. The van der Waals surface area contributed by atoms with Crippen molar-refractivity contribution < 1.29 is 29.0 Å². The number of aliphatic carboxylic acids is 1. The van der Waals surface area contributed by atoms with E-state index in [1.54, 1.807) is 24.3 Å². The average Bonchev–Trinajstić information content (AvgIpc) is 2.56. The van der Waals surface area contributed by atoms with Crippen LogP contribution in [0.1, 0.15) is 29.6 Å². The Kier molecular flexibility index (Phi) is 7.76. The fraction of sp³-hybridized carbons (Fsp3) is 0.438. The first kappa shape index (κ1) is 18.6. The van der Waals surface area contributed by atoms with Gasteiger partial charge in [-0.15, -0.1) is 0 Å². The standard InChI is InChI=1S/C16H21NO6/c1-22-10-9-13(16(20)21)17-15(19)8-7-14(18)11-3-5-12(23-2)6-4-11/h3-6,13H,7-10H2,1-2H3,(H,17,19)(H,20,21). The number of ketones is 1. The summed E-state index contributed by atoms with van der Waals surface area (Å²) in [6.45, 7) is 0.224. The van der Waals surface area contributed by atoms with Gasteiger partial charge in [-0.2, -0.15) is 0 Å². The van der Waals surface area contributed by atoms with Crippen LogP contribution in [-0.4, -0.2) is 49.6 Å². The number of nitrogens with one attached hydrogen (secondary N) is 1. The molecule has 0 bridgehead atoms. The molecular formula is C16H21NO6. The number of hydrogen-bond donors (Lipinski definition) is 2. The number of amides is 1. The maximum absolute atomic E-state index is 12.0. The molecule has 0 spiro atoms. The van der Waals surface area contributed by atoms with Crippen LogP contribution in [0.25, 0.3) is 0 Å². The third-order valence-electron chi connectivity index (χ3n) is 3.24. The number of Topliss-reactive ketones (excluding diaryl/α,β-unsaturated/α-hetero) is 1. The topological polar surface area (TPSA) is 102 Å². The number of carboxylic acid groups (broad SMARTS) is 1. The summed E-state index contributed by atoms with van der Waals surface area (Å²) >= 11 is 0. The molecular weight excluding hydrogens is 302 g/mol. The molecule has 1 atom stereocenters. The predicted molar refractivity (Wildman–Crippen MR) is 82.6 cm³/mol. The highest BCUT2D eigenvalue weighted by atomic mass is 16.5. The Hall–Kier alpha value is -2.41. The molecule has 0 radical (unpaired) electrons. The molecule has 0 saturated heterocycles. The lowest BCUT2D eigenvalue weighted by Crippen LogP contribution is -2.41. The molecule has 23 heavy (non-hydrogen) atoms. The fourth-order valence-electron chi connectivity index (χ4n) is 1.91. The smallest absolute Gasteiger partial charge is 0.326 e. The lowest BCUT2D eigenvalue weighted by Gasteiger charge is -2.13. The zero-order valence-corrected chi connectivity index (χ0v) is 13.2. The SMILES string of the molecule is COCCC(NC(=O)CCC(=O)c1ccc(OC)cc1)C(=O)O. The van der Waals surface area contributed by atoms with E-state index in [1.807, 2.05) is 0 Å². The van der Waals surface area contributed by atoms with Crippen molar-refractivity contribution >= 4 is 17.7 Å². The molecule has 0 aliphatic rings. The van der Waals surface area contributed by atoms with Gasteiger partial charge in [0, 0.05) is 38.5 Å². The highest BCUT2D eigenvalue weighted by molar-refractivity contribution is 5.98. The first-order chi connectivity index (χ1) is 11.0. The molecule has 0 aliphatic heterocycles. The molecule has 0 saturated carbocycles. The monoisotopic (exact) mass is 323 g/mol. The molecule has 7 nitrogen and oxygen atoms in total. The van der Waals surface area contributed by atoms with Crippen LogP contribution in [0.5, 0.6) is 5.75 Å². The van der Waals surface area contributed by atoms with Crippen molar-refractivity contribution in [1.82, 2.24) is 5.32 Å². The summed E-state index contributed by atoms with van der Waals surface area (Å²) in [7, 11) is 2.98. The summed E-state index contributed by atoms with van der Waals surface area (Å²) in [5.41, 5.74) is 0.479. The Morgan fingerprint density at radius 3 is 2.30 bits per heavy atom. The van der Waals surface area contributed by atoms with Gasteiger partial charge in [0.15, 0.2) is 5.78 Å². The second-order valence-corrected chi connectivity index (χ2v) is 4.89. The van der Waals surface area contributed by atoms with E-state index in [9.17, 15) is 14.4 Å². The zero-order chi connectivity index (χ0) is 17.2. The molecule has 126 valence electrons. The Labute approximate surface area is 134 Å². The third-order valence-corrected chi connectivity index (χ3v) is 3.24. The molecule has 0 fully saturated rings. The number of methoxy groups -OCH3 is 2. The summed E-state index contributed by atoms with van der Waals surface area (Å²) in [5.74, 6) is -1.15. The van der Waals surface area contributed by atoms with Crippen molar-refractivity contribution in [3.8, 4) is 5.75 Å². The van der Waals surface area contributed by atoms with E-state index in [-0.39, 0.29) is 31.7 Å². The summed E-state index contributed by atoms with van der Waals surface area (Å²) in [5, 5.41) is 11.4. The third kappa shape index (κ3) is 6.48.